The molecule has 1 N–H and O–H groups in total. The van der Waals surface area contributed by atoms with E-state index in [2.05, 4.69) is 32.4 Å². The van der Waals surface area contributed by atoms with Crippen LogP contribution in [0.5, 0.6) is 0 Å². The summed E-state index contributed by atoms with van der Waals surface area (Å²) in [5.41, 5.74) is 0. The van der Waals surface area contributed by atoms with Gasteiger partial charge in [-0.3, -0.25) is 0 Å². The summed E-state index contributed by atoms with van der Waals surface area (Å²) >= 11 is 0. The van der Waals surface area contributed by atoms with Crippen LogP contribution >= 0.6 is 0 Å². The van der Waals surface area contributed by atoms with Crippen molar-refractivity contribution >= 4 is 6.16 Å². The van der Waals surface area contributed by atoms with E-state index in [4.69, 9.17) is 9.90 Å². The predicted octanol–water partition coefficient (Wildman–Crippen LogP) is 5.31. The van der Waals surface area contributed by atoms with Crippen molar-refractivity contribution in [3.05, 3.63) is 0 Å². The van der Waals surface area contributed by atoms with E-state index in [1.807, 2.05) is 0 Å². The van der Waals surface area contributed by atoms with Crippen molar-refractivity contribution in [2.75, 3.05) is 33.3 Å². The van der Waals surface area contributed by atoms with Gasteiger partial charge in [0.25, 0.3) is 0 Å². The topological polar surface area (TPSA) is 46.5 Å². The fourth-order valence-electron chi connectivity index (χ4n) is 2.64. The molecule has 0 unspecified atom stereocenters. The van der Waals surface area contributed by atoms with Crippen LogP contribution in [-0.2, 0) is 4.74 Å². The highest BCUT2D eigenvalue weighted by Gasteiger charge is 2.24. The van der Waals surface area contributed by atoms with E-state index in [1.54, 1.807) is 0 Å². The Balaban J connectivity index is 0. The molecule has 0 aromatic carbocycles. The first kappa shape index (κ1) is 23.5. The van der Waals surface area contributed by atoms with E-state index in [1.165, 1.54) is 82.0 Å². The Morgan fingerprint density at radius 1 is 0.773 bits per heavy atom. The van der Waals surface area contributed by atoms with Crippen molar-refractivity contribution in [1.82, 2.24) is 0 Å². The van der Waals surface area contributed by atoms with Gasteiger partial charge in [-0.05, 0) is 25.7 Å². The standard InChI is InChI=1S/C16H36N.C2H4O3/c1-5-9-13-17(14-10-6-2,15-11-7-3)16-12-8-4;1-5-2(3)4/h5-16H2,1-4H3;1H3,(H,3,4)/q+1;. The molecule has 0 aromatic heterocycles. The highest BCUT2D eigenvalue weighted by Crippen LogP contribution is 2.16. The molecule has 0 bridgehead atoms. The van der Waals surface area contributed by atoms with Crippen LogP contribution in [0.1, 0.15) is 79.1 Å². The third kappa shape index (κ3) is 14.2. The van der Waals surface area contributed by atoms with Crippen molar-refractivity contribution in [2.45, 2.75) is 79.1 Å². The average Bonchev–Trinajstić information content (AvgIpc) is 2.54. The number of hydrogen-bond donors (Lipinski definition) is 1. The van der Waals surface area contributed by atoms with Crippen molar-refractivity contribution in [2.24, 2.45) is 0 Å². The van der Waals surface area contributed by atoms with E-state index in [0.717, 1.165) is 7.11 Å². The van der Waals surface area contributed by atoms with Crippen LogP contribution in [-0.4, -0.2) is 49.0 Å². The van der Waals surface area contributed by atoms with Crippen molar-refractivity contribution in [3.63, 3.8) is 0 Å². The Bertz CT molecular complexity index is 207. The quantitative estimate of drug-likeness (QED) is 0.391. The summed E-state index contributed by atoms with van der Waals surface area (Å²) in [6.07, 6.45) is 9.82. The first-order valence-electron chi connectivity index (χ1n) is 9.13. The molecule has 0 aliphatic heterocycles. The molecular weight excluding hydrogens is 278 g/mol. The summed E-state index contributed by atoms with van der Waals surface area (Å²) in [5.74, 6) is 0. The lowest BCUT2D eigenvalue weighted by Crippen LogP contribution is -2.50. The minimum Gasteiger partial charge on any atom is -0.450 e. The van der Waals surface area contributed by atoms with E-state index < -0.39 is 6.16 Å². The van der Waals surface area contributed by atoms with Gasteiger partial charge < -0.3 is 14.3 Å². The summed E-state index contributed by atoms with van der Waals surface area (Å²) in [6.45, 7) is 15.0. The second-order valence-electron chi connectivity index (χ2n) is 6.12. The summed E-state index contributed by atoms with van der Waals surface area (Å²) in [5, 5.41) is 7.50. The first-order chi connectivity index (χ1) is 10.5. The highest BCUT2D eigenvalue weighted by atomic mass is 16.6. The van der Waals surface area contributed by atoms with Crippen LogP contribution in [0.2, 0.25) is 0 Å². The predicted molar refractivity (Wildman–Crippen MR) is 94.4 cm³/mol. The van der Waals surface area contributed by atoms with Crippen LogP contribution in [0.3, 0.4) is 0 Å². The van der Waals surface area contributed by atoms with Crippen molar-refractivity contribution in [3.8, 4) is 0 Å². The smallest absolute Gasteiger partial charge is 0.450 e. The third-order valence-electron chi connectivity index (χ3n) is 4.12. The number of nitrogens with zero attached hydrogens (tertiary/aromatic N) is 1. The van der Waals surface area contributed by atoms with Crippen LogP contribution in [0.4, 0.5) is 4.79 Å². The van der Waals surface area contributed by atoms with Crippen LogP contribution in [0, 0.1) is 0 Å². The lowest BCUT2D eigenvalue weighted by molar-refractivity contribution is -0.929. The maximum atomic E-state index is 9.15. The fourth-order valence-corrected chi connectivity index (χ4v) is 2.64. The molecule has 0 aromatic rings. The Morgan fingerprint density at radius 3 is 1.14 bits per heavy atom. The molecule has 0 fully saturated rings. The van der Waals surface area contributed by atoms with Crippen molar-refractivity contribution in [1.29, 1.82) is 0 Å². The lowest BCUT2D eigenvalue weighted by atomic mass is 10.1. The molecule has 0 heterocycles. The molecule has 0 amide bonds. The number of methoxy groups -OCH3 is 1. The SMILES string of the molecule is CCCC[N+](CCCC)(CCCC)CCCC.COC(=O)O. The number of unbranched alkanes of at least 4 members (excludes halogenated alkanes) is 4. The second-order valence-corrected chi connectivity index (χ2v) is 6.12. The Labute approximate surface area is 138 Å². The van der Waals surface area contributed by atoms with Gasteiger partial charge in [0.15, 0.2) is 0 Å². The van der Waals surface area contributed by atoms with Crippen LogP contribution in [0.25, 0.3) is 0 Å². The number of hydrogen-bond acceptors (Lipinski definition) is 2. The molecule has 0 aliphatic carbocycles. The van der Waals surface area contributed by atoms with Gasteiger partial charge in [-0.15, -0.1) is 0 Å². The molecule has 0 saturated heterocycles. The highest BCUT2D eigenvalue weighted by molar-refractivity contribution is 5.56. The molecule has 0 spiro atoms. The summed E-state index contributed by atoms with van der Waals surface area (Å²) in [6, 6.07) is 0. The zero-order valence-corrected chi connectivity index (χ0v) is 15.7. The fraction of sp³-hybridized carbons (Fsp3) is 0.944. The van der Waals surface area contributed by atoms with Gasteiger partial charge in [-0.1, -0.05) is 53.4 Å². The largest absolute Gasteiger partial charge is 0.505 e. The molecule has 134 valence electrons. The van der Waals surface area contributed by atoms with Gasteiger partial charge in [0, 0.05) is 0 Å². The number of quaternary nitrogens is 1. The minimum atomic E-state index is -1.25. The molecule has 0 radical (unpaired) electrons. The molecule has 0 atom stereocenters. The van der Waals surface area contributed by atoms with Gasteiger partial charge in [-0.25, -0.2) is 4.79 Å². The van der Waals surface area contributed by atoms with Gasteiger partial charge in [-0.2, -0.15) is 0 Å². The molecule has 0 rings (SSSR count). The molecule has 4 heteroatoms. The third-order valence-corrected chi connectivity index (χ3v) is 4.12. The maximum absolute atomic E-state index is 9.15. The van der Waals surface area contributed by atoms with Crippen LogP contribution < -0.4 is 0 Å². The summed E-state index contributed by atoms with van der Waals surface area (Å²) < 4.78 is 5.09. The Morgan fingerprint density at radius 2 is 1.00 bits per heavy atom. The van der Waals surface area contributed by atoms with Gasteiger partial charge >= 0.3 is 6.16 Å². The number of carbonyl (C=O) groups is 1. The maximum Gasteiger partial charge on any atom is 0.505 e. The zero-order valence-electron chi connectivity index (χ0n) is 15.7. The summed E-state index contributed by atoms with van der Waals surface area (Å²) in [7, 11) is 1.10. The molecule has 4 nitrogen and oxygen atoms in total. The zero-order chi connectivity index (χ0) is 17.3. The normalized spacial score (nSPS) is 10.8. The Kier molecular flexibility index (Phi) is 17.7. The summed E-state index contributed by atoms with van der Waals surface area (Å²) in [4.78, 5) is 9.15. The van der Waals surface area contributed by atoms with Gasteiger partial charge in [0.2, 0.25) is 0 Å². The average molecular weight is 319 g/mol. The minimum absolute atomic E-state index is 1.10. The van der Waals surface area contributed by atoms with E-state index in [0.29, 0.717) is 0 Å². The lowest BCUT2D eigenvalue weighted by Gasteiger charge is -2.39. The van der Waals surface area contributed by atoms with Crippen LogP contribution in [0.15, 0.2) is 0 Å². The number of ether oxygens (including phenoxy) is 1. The van der Waals surface area contributed by atoms with E-state index >= 15 is 0 Å². The Hall–Kier alpha value is -0.770. The van der Waals surface area contributed by atoms with Gasteiger partial charge in [0.1, 0.15) is 0 Å². The number of rotatable bonds is 12. The molecular formula is C18H40NO3+. The molecule has 0 saturated carbocycles. The van der Waals surface area contributed by atoms with E-state index in [-0.39, 0.29) is 0 Å². The number of carboxylic acid groups (broad SMARTS) is 1. The van der Waals surface area contributed by atoms with Gasteiger partial charge in [0.05, 0.1) is 33.3 Å². The second kappa shape index (κ2) is 16.6. The monoisotopic (exact) mass is 318 g/mol. The molecule has 22 heavy (non-hydrogen) atoms. The first-order valence-corrected chi connectivity index (χ1v) is 9.13. The molecule has 0 aliphatic rings. The van der Waals surface area contributed by atoms with Crippen molar-refractivity contribution < 1.29 is 19.1 Å². The van der Waals surface area contributed by atoms with E-state index in [9.17, 15) is 0 Å².